The first-order chi connectivity index (χ1) is 9.19. The topological polar surface area (TPSA) is 76.4 Å². The molecule has 0 spiro atoms. The number of nitrogens with two attached hydrogens (primary N) is 1. The van der Waals surface area contributed by atoms with E-state index in [4.69, 9.17) is 10.5 Å². The van der Waals surface area contributed by atoms with Gasteiger partial charge in [0.2, 0.25) is 0 Å². The van der Waals surface area contributed by atoms with Crippen LogP contribution in [-0.4, -0.2) is 24.8 Å². The van der Waals surface area contributed by atoms with Gasteiger partial charge in [0.15, 0.2) is 0 Å². The smallest absolute Gasteiger partial charge is 0.407 e. The highest BCUT2D eigenvalue weighted by Crippen LogP contribution is 2.26. The molecule has 0 saturated heterocycles. The lowest BCUT2D eigenvalue weighted by atomic mass is 10.2. The molecule has 0 radical (unpaired) electrons. The Balaban J connectivity index is 2.38. The van der Waals surface area contributed by atoms with E-state index < -0.39 is 17.5 Å². The molecule has 0 aliphatic carbocycles. The average molecular weight is 348 g/mol. The summed E-state index contributed by atoms with van der Waals surface area (Å²) in [5.41, 5.74) is 6.07. The van der Waals surface area contributed by atoms with Gasteiger partial charge in [-0.1, -0.05) is 0 Å². The molecule has 1 rings (SSSR count). The third kappa shape index (κ3) is 5.64. The van der Waals surface area contributed by atoms with Gasteiger partial charge in [0.1, 0.15) is 11.4 Å². The molecule has 0 atom stereocenters. The fourth-order valence-corrected chi connectivity index (χ4v) is 1.73. The summed E-state index contributed by atoms with van der Waals surface area (Å²) in [6.45, 7) is 6.19. The number of amides is 1. The normalized spacial score (nSPS) is 11.1. The number of carbonyl (C=O) groups is 1. The van der Waals surface area contributed by atoms with Crippen molar-refractivity contribution in [2.45, 2.75) is 26.4 Å². The van der Waals surface area contributed by atoms with Crippen molar-refractivity contribution in [2.75, 3.05) is 24.1 Å². The van der Waals surface area contributed by atoms with Crippen LogP contribution in [0.4, 0.5) is 20.6 Å². The Morgan fingerprint density at radius 3 is 2.65 bits per heavy atom. The Labute approximate surface area is 126 Å². The molecule has 0 aromatic heterocycles. The number of hydrogen-bond acceptors (Lipinski definition) is 4. The number of halogens is 2. The molecule has 0 unspecified atom stereocenters. The number of rotatable bonds is 4. The first kappa shape index (κ1) is 16.6. The zero-order chi connectivity index (χ0) is 15.3. The summed E-state index contributed by atoms with van der Waals surface area (Å²) >= 11 is 3.09. The van der Waals surface area contributed by atoms with Gasteiger partial charge in [0.05, 0.1) is 15.8 Å². The molecule has 1 aromatic carbocycles. The molecule has 0 saturated carbocycles. The zero-order valence-electron chi connectivity index (χ0n) is 11.7. The second kappa shape index (κ2) is 6.78. The number of carbonyl (C=O) groups excluding carboxylic acids is 1. The number of nitrogen functional groups attached to an aromatic ring is 1. The molecule has 0 bridgehead atoms. The second-order valence-corrected chi connectivity index (χ2v) is 6.06. The van der Waals surface area contributed by atoms with Crippen molar-refractivity contribution in [1.82, 2.24) is 5.32 Å². The number of benzene rings is 1. The summed E-state index contributed by atoms with van der Waals surface area (Å²) < 4.78 is 18.6. The van der Waals surface area contributed by atoms with E-state index in [1.165, 1.54) is 6.07 Å². The maximum atomic E-state index is 13.2. The summed E-state index contributed by atoms with van der Waals surface area (Å²) in [4.78, 5) is 11.4. The fraction of sp³-hybridized carbons (Fsp3) is 0.462. The minimum Gasteiger partial charge on any atom is -0.444 e. The minimum absolute atomic E-state index is 0.308. The SMILES string of the molecule is CC(C)(C)OC(=O)NCCNc1cc(Br)c(F)cc1N. The van der Waals surface area contributed by atoms with Crippen molar-refractivity contribution in [2.24, 2.45) is 0 Å². The molecule has 0 fully saturated rings. The Hall–Kier alpha value is -1.50. The average Bonchev–Trinajstić information content (AvgIpc) is 2.28. The van der Waals surface area contributed by atoms with Crippen LogP contribution in [0.2, 0.25) is 0 Å². The van der Waals surface area contributed by atoms with Gasteiger partial charge >= 0.3 is 6.09 Å². The summed E-state index contributed by atoms with van der Waals surface area (Å²) in [6.07, 6.45) is -0.479. The number of hydrogen-bond donors (Lipinski definition) is 3. The highest BCUT2D eigenvalue weighted by atomic mass is 79.9. The molecule has 0 aliphatic rings. The van der Waals surface area contributed by atoms with E-state index >= 15 is 0 Å². The van der Waals surface area contributed by atoms with Gasteiger partial charge in [0.25, 0.3) is 0 Å². The number of anilines is 2. The van der Waals surface area contributed by atoms with Crippen molar-refractivity contribution in [3.8, 4) is 0 Å². The van der Waals surface area contributed by atoms with Gasteiger partial charge in [-0.3, -0.25) is 0 Å². The zero-order valence-corrected chi connectivity index (χ0v) is 13.3. The Bertz CT molecular complexity index is 489. The van der Waals surface area contributed by atoms with Crippen molar-refractivity contribution in [3.05, 3.63) is 22.4 Å². The van der Waals surface area contributed by atoms with Gasteiger partial charge < -0.3 is 21.1 Å². The quantitative estimate of drug-likeness (QED) is 0.577. The van der Waals surface area contributed by atoms with Gasteiger partial charge in [0, 0.05) is 19.2 Å². The van der Waals surface area contributed by atoms with E-state index in [1.807, 2.05) is 0 Å². The molecule has 4 N–H and O–H groups in total. The molecule has 20 heavy (non-hydrogen) atoms. The van der Waals surface area contributed by atoms with Crippen LogP contribution in [0, 0.1) is 5.82 Å². The summed E-state index contributed by atoms with van der Waals surface area (Å²) in [5, 5.41) is 5.61. The molecular formula is C13H19BrFN3O2. The predicted molar refractivity (Wildman–Crippen MR) is 81.2 cm³/mol. The molecule has 7 heteroatoms. The second-order valence-electron chi connectivity index (χ2n) is 5.21. The lowest BCUT2D eigenvalue weighted by Gasteiger charge is -2.19. The predicted octanol–water partition coefficient (Wildman–Crippen LogP) is 3.11. The summed E-state index contributed by atoms with van der Waals surface area (Å²) in [7, 11) is 0. The van der Waals surface area contributed by atoms with Crippen molar-refractivity contribution in [3.63, 3.8) is 0 Å². The van der Waals surface area contributed by atoms with Crippen LogP contribution in [0.25, 0.3) is 0 Å². The summed E-state index contributed by atoms with van der Waals surface area (Å²) in [6, 6.07) is 2.78. The minimum atomic E-state index is -0.524. The van der Waals surface area contributed by atoms with Crippen molar-refractivity contribution < 1.29 is 13.9 Å². The largest absolute Gasteiger partial charge is 0.444 e. The van der Waals surface area contributed by atoms with E-state index in [9.17, 15) is 9.18 Å². The van der Waals surface area contributed by atoms with Crippen LogP contribution >= 0.6 is 15.9 Å². The van der Waals surface area contributed by atoms with Crippen molar-refractivity contribution in [1.29, 1.82) is 0 Å². The van der Waals surface area contributed by atoms with Crippen LogP contribution < -0.4 is 16.4 Å². The van der Waals surface area contributed by atoms with E-state index in [0.29, 0.717) is 28.9 Å². The molecular weight excluding hydrogens is 329 g/mol. The van der Waals surface area contributed by atoms with E-state index in [-0.39, 0.29) is 0 Å². The van der Waals surface area contributed by atoms with Crippen LogP contribution in [0.15, 0.2) is 16.6 Å². The number of ether oxygens (including phenoxy) is 1. The van der Waals surface area contributed by atoms with E-state index in [1.54, 1.807) is 26.8 Å². The van der Waals surface area contributed by atoms with Gasteiger partial charge in [-0.25, -0.2) is 9.18 Å². The Morgan fingerprint density at radius 2 is 2.05 bits per heavy atom. The van der Waals surface area contributed by atoms with Crippen LogP contribution in [-0.2, 0) is 4.74 Å². The highest BCUT2D eigenvalue weighted by Gasteiger charge is 2.15. The number of nitrogens with one attached hydrogen (secondary N) is 2. The third-order valence-electron chi connectivity index (χ3n) is 2.20. The number of alkyl carbamates (subject to hydrolysis) is 1. The highest BCUT2D eigenvalue weighted by molar-refractivity contribution is 9.10. The van der Waals surface area contributed by atoms with E-state index in [0.717, 1.165) is 0 Å². The molecule has 5 nitrogen and oxygen atoms in total. The molecule has 0 aliphatic heterocycles. The Kier molecular flexibility index (Phi) is 5.62. The first-order valence-corrected chi connectivity index (χ1v) is 6.93. The maximum Gasteiger partial charge on any atom is 0.407 e. The molecule has 0 heterocycles. The molecule has 1 amide bonds. The van der Waals surface area contributed by atoms with Crippen LogP contribution in [0.5, 0.6) is 0 Å². The lowest BCUT2D eigenvalue weighted by molar-refractivity contribution is 0.0530. The third-order valence-corrected chi connectivity index (χ3v) is 2.81. The van der Waals surface area contributed by atoms with Gasteiger partial charge in [-0.2, -0.15) is 0 Å². The van der Waals surface area contributed by atoms with Gasteiger partial charge in [-0.15, -0.1) is 0 Å². The summed E-state index contributed by atoms with van der Waals surface area (Å²) in [5.74, 6) is -0.417. The van der Waals surface area contributed by atoms with E-state index in [2.05, 4.69) is 26.6 Å². The lowest BCUT2D eigenvalue weighted by Crippen LogP contribution is -2.35. The first-order valence-electron chi connectivity index (χ1n) is 6.14. The maximum absolute atomic E-state index is 13.2. The Morgan fingerprint density at radius 1 is 1.40 bits per heavy atom. The van der Waals surface area contributed by atoms with Crippen LogP contribution in [0.3, 0.4) is 0 Å². The molecule has 1 aromatic rings. The van der Waals surface area contributed by atoms with Crippen molar-refractivity contribution >= 4 is 33.4 Å². The van der Waals surface area contributed by atoms with Crippen LogP contribution in [0.1, 0.15) is 20.8 Å². The monoisotopic (exact) mass is 347 g/mol. The standard InChI is InChI=1S/C13H19BrFN3O2/c1-13(2,3)20-12(19)18-5-4-17-11-6-8(14)9(15)7-10(11)16/h6-7,17H,4-5,16H2,1-3H3,(H,18,19). The van der Waals surface area contributed by atoms with Gasteiger partial charge in [-0.05, 0) is 42.8 Å². The fourth-order valence-electron chi connectivity index (χ4n) is 1.39. The molecule has 112 valence electrons.